The molecule has 8 heteroatoms. The van der Waals surface area contributed by atoms with Crippen LogP contribution in [0.1, 0.15) is 0 Å². The average molecular weight is 396 g/mol. The Kier molecular flexibility index (Phi) is 4.09. The summed E-state index contributed by atoms with van der Waals surface area (Å²) in [5.41, 5.74) is 1.30. The lowest BCUT2D eigenvalue weighted by atomic mass is 10.1. The standard InChI is InChI=1S/C21H18F2N4O2/c1-25-4-6-26(7-5-25)15-3-2-13-8-16(21(28)29-19(13)10-15)18-12-27-11-14(22)9-17(23)20(27)24-18/h2-3,8-12H,4-7H2,1H3. The van der Waals surface area contributed by atoms with Crippen LogP contribution in [0.2, 0.25) is 0 Å². The van der Waals surface area contributed by atoms with Gasteiger partial charge in [-0.2, -0.15) is 0 Å². The van der Waals surface area contributed by atoms with E-state index >= 15 is 0 Å². The Hall–Kier alpha value is -3.26. The molecule has 1 aliphatic heterocycles. The first-order valence-electron chi connectivity index (χ1n) is 9.33. The number of halogens is 2. The molecule has 1 aliphatic rings. The Bertz CT molecular complexity index is 1290. The summed E-state index contributed by atoms with van der Waals surface area (Å²) < 4.78 is 34.1. The average Bonchev–Trinajstić information content (AvgIpc) is 3.11. The van der Waals surface area contributed by atoms with E-state index < -0.39 is 17.3 Å². The minimum Gasteiger partial charge on any atom is -0.422 e. The molecule has 29 heavy (non-hydrogen) atoms. The Morgan fingerprint density at radius 3 is 2.62 bits per heavy atom. The molecule has 4 aromatic rings. The first-order chi connectivity index (χ1) is 14.0. The number of fused-ring (bicyclic) bond motifs is 2. The number of hydrogen-bond acceptors (Lipinski definition) is 5. The molecular formula is C21H18F2N4O2. The highest BCUT2D eigenvalue weighted by molar-refractivity contribution is 5.84. The van der Waals surface area contributed by atoms with Gasteiger partial charge in [0.05, 0.1) is 11.3 Å². The summed E-state index contributed by atoms with van der Waals surface area (Å²) in [5.74, 6) is -1.51. The lowest BCUT2D eigenvalue weighted by molar-refractivity contribution is 0.313. The molecule has 1 aromatic carbocycles. The summed E-state index contributed by atoms with van der Waals surface area (Å²) in [6, 6.07) is 8.19. The largest absolute Gasteiger partial charge is 0.422 e. The van der Waals surface area contributed by atoms with Gasteiger partial charge in [-0.05, 0) is 25.2 Å². The van der Waals surface area contributed by atoms with E-state index in [9.17, 15) is 13.6 Å². The van der Waals surface area contributed by atoms with Crippen molar-refractivity contribution in [3.63, 3.8) is 0 Å². The predicted molar refractivity (Wildman–Crippen MR) is 106 cm³/mol. The van der Waals surface area contributed by atoms with Crippen molar-refractivity contribution in [3.8, 4) is 11.3 Å². The van der Waals surface area contributed by atoms with Gasteiger partial charge in [0, 0.05) is 61.8 Å². The summed E-state index contributed by atoms with van der Waals surface area (Å²) in [5, 5.41) is 0.737. The predicted octanol–water partition coefficient (Wildman–Crippen LogP) is 3.14. The smallest absolute Gasteiger partial charge is 0.345 e. The number of imidazole rings is 1. The van der Waals surface area contributed by atoms with Crippen LogP contribution in [-0.2, 0) is 0 Å². The van der Waals surface area contributed by atoms with Crippen molar-refractivity contribution in [2.75, 3.05) is 38.1 Å². The van der Waals surface area contributed by atoms with Crippen molar-refractivity contribution in [2.24, 2.45) is 0 Å². The van der Waals surface area contributed by atoms with Gasteiger partial charge < -0.3 is 18.6 Å². The fourth-order valence-corrected chi connectivity index (χ4v) is 3.69. The number of rotatable bonds is 2. The molecule has 4 heterocycles. The first kappa shape index (κ1) is 17.8. The molecule has 0 unspecified atom stereocenters. The van der Waals surface area contributed by atoms with Crippen LogP contribution in [0.3, 0.4) is 0 Å². The van der Waals surface area contributed by atoms with E-state index in [1.54, 1.807) is 6.07 Å². The van der Waals surface area contributed by atoms with E-state index in [1.807, 2.05) is 18.2 Å². The molecule has 0 radical (unpaired) electrons. The fraction of sp³-hybridized carbons (Fsp3) is 0.238. The van der Waals surface area contributed by atoms with Gasteiger partial charge in [-0.3, -0.25) is 0 Å². The first-order valence-corrected chi connectivity index (χ1v) is 9.33. The maximum absolute atomic E-state index is 13.9. The third-order valence-corrected chi connectivity index (χ3v) is 5.34. The molecule has 0 N–H and O–H groups in total. The molecule has 3 aromatic heterocycles. The molecule has 0 saturated carbocycles. The van der Waals surface area contributed by atoms with Crippen LogP contribution < -0.4 is 10.5 Å². The highest BCUT2D eigenvalue weighted by atomic mass is 19.1. The zero-order valence-electron chi connectivity index (χ0n) is 15.7. The quantitative estimate of drug-likeness (QED) is 0.488. The molecular weight excluding hydrogens is 378 g/mol. The second kappa shape index (κ2) is 6.66. The molecule has 0 bridgehead atoms. The normalized spacial score (nSPS) is 15.5. The highest BCUT2D eigenvalue weighted by Crippen LogP contribution is 2.26. The van der Waals surface area contributed by atoms with E-state index in [0.29, 0.717) is 5.58 Å². The summed E-state index contributed by atoms with van der Waals surface area (Å²) in [4.78, 5) is 21.3. The minimum absolute atomic E-state index is 0.0497. The Labute approximate surface area is 164 Å². The van der Waals surface area contributed by atoms with E-state index in [1.165, 1.54) is 10.6 Å². The molecule has 0 spiro atoms. The summed E-state index contributed by atoms with van der Waals surface area (Å²) in [6.07, 6.45) is 2.53. The maximum Gasteiger partial charge on any atom is 0.345 e. The lowest BCUT2D eigenvalue weighted by Gasteiger charge is -2.34. The van der Waals surface area contributed by atoms with Crippen LogP contribution in [0, 0.1) is 11.6 Å². The molecule has 0 atom stereocenters. The summed E-state index contributed by atoms with van der Waals surface area (Å²) in [6.45, 7) is 3.78. The Balaban J connectivity index is 1.56. The van der Waals surface area contributed by atoms with Crippen LogP contribution in [0.5, 0.6) is 0 Å². The van der Waals surface area contributed by atoms with Gasteiger partial charge in [0.2, 0.25) is 0 Å². The number of anilines is 1. The maximum atomic E-state index is 13.9. The number of pyridine rings is 1. The zero-order valence-corrected chi connectivity index (χ0v) is 15.7. The number of nitrogens with zero attached hydrogens (tertiary/aromatic N) is 4. The van der Waals surface area contributed by atoms with Gasteiger partial charge in [-0.15, -0.1) is 0 Å². The monoisotopic (exact) mass is 396 g/mol. The van der Waals surface area contributed by atoms with Crippen LogP contribution in [-0.4, -0.2) is 47.5 Å². The van der Waals surface area contributed by atoms with Crippen molar-refractivity contribution in [1.82, 2.24) is 14.3 Å². The highest BCUT2D eigenvalue weighted by Gasteiger charge is 2.17. The van der Waals surface area contributed by atoms with E-state index in [-0.39, 0.29) is 16.9 Å². The molecule has 5 rings (SSSR count). The van der Waals surface area contributed by atoms with Crippen molar-refractivity contribution in [1.29, 1.82) is 0 Å². The zero-order chi connectivity index (χ0) is 20.1. The van der Waals surface area contributed by atoms with E-state index in [2.05, 4.69) is 21.8 Å². The van der Waals surface area contributed by atoms with Crippen LogP contribution in [0.4, 0.5) is 14.5 Å². The second-order valence-corrected chi connectivity index (χ2v) is 7.32. The number of aromatic nitrogens is 2. The van der Waals surface area contributed by atoms with Gasteiger partial charge in [0.15, 0.2) is 11.5 Å². The van der Waals surface area contributed by atoms with Crippen molar-refractivity contribution < 1.29 is 13.2 Å². The lowest BCUT2D eigenvalue weighted by Crippen LogP contribution is -2.44. The van der Waals surface area contributed by atoms with E-state index in [0.717, 1.165) is 49.5 Å². The number of likely N-dealkylation sites (N-methyl/N-ethyl adjacent to an activating group) is 1. The van der Waals surface area contributed by atoms with Gasteiger partial charge in [-0.1, -0.05) is 0 Å². The third-order valence-electron chi connectivity index (χ3n) is 5.34. The number of benzene rings is 1. The second-order valence-electron chi connectivity index (χ2n) is 7.32. The topological polar surface area (TPSA) is 54.0 Å². The summed E-state index contributed by atoms with van der Waals surface area (Å²) in [7, 11) is 2.10. The SMILES string of the molecule is CN1CCN(c2ccc3cc(-c4cn5cc(F)cc(F)c5n4)c(=O)oc3c2)CC1. The van der Waals surface area contributed by atoms with Crippen LogP contribution in [0.15, 0.2) is 51.9 Å². The van der Waals surface area contributed by atoms with Crippen molar-refractivity contribution in [3.05, 3.63) is 64.8 Å². The fourth-order valence-electron chi connectivity index (χ4n) is 3.69. The van der Waals surface area contributed by atoms with Crippen molar-refractivity contribution in [2.45, 2.75) is 0 Å². The van der Waals surface area contributed by atoms with Gasteiger partial charge in [0.25, 0.3) is 0 Å². The van der Waals surface area contributed by atoms with Gasteiger partial charge in [0.1, 0.15) is 11.4 Å². The molecule has 148 valence electrons. The third kappa shape index (κ3) is 3.15. The minimum atomic E-state index is -0.793. The Morgan fingerprint density at radius 2 is 1.83 bits per heavy atom. The number of hydrogen-bond donors (Lipinski definition) is 0. The van der Waals surface area contributed by atoms with Crippen molar-refractivity contribution >= 4 is 22.3 Å². The Morgan fingerprint density at radius 1 is 1.03 bits per heavy atom. The van der Waals surface area contributed by atoms with Crippen LogP contribution in [0.25, 0.3) is 27.9 Å². The summed E-state index contributed by atoms with van der Waals surface area (Å²) >= 11 is 0. The van der Waals surface area contributed by atoms with Gasteiger partial charge in [-0.25, -0.2) is 18.6 Å². The molecule has 6 nitrogen and oxygen atoms in total. The van der Waals surface area contributed by atoms with Crippen LogP contribution >= 0.6 is 0 Å². The van der Waals surface area contributed by atoms with Gasteiger partial charge >= 0.3 is 5.63 Å². The molecule has 0 amide bonds. The van der Waals surface area contributed by atoms with E-state index in [4.69, 9.17) is 4.42 Å². The molecule has 1 fully saturated rings. The number of piperazine rings is 1. The molecule has 0 aliphatic carbocycles. The molecule has 1 saturated heterocycles.